The third kappa shape index (κ3) is 5.15. The number of halogens is 3. The van der Waals surface area contributed by atoms with Crippen LogP contribution in [0.25, 0.3) is 0 Å². The van der Waals surface area contributed by atoms with Gasteiger partial charge in [0.25, 0.3) is 10.0 Å². The van der Waals surface area contributed by atoms with Gasteiger partial charge in [0.05, 0.1) is 37.0 Å². The highest BCUT2D eigenvalue weighted by Crippen LogP contribution is 2.34. The van der Waals surface area contributed by atoms with Crippen molar-refractivity contribution in [2.75, 3.05) is 31.7 Å². The van der Waals surface area contributed by atoms with Crippen LogP contribution in [0.5, 0.6) is 11.5 Å². The predicted octanol–water partition coefficient (Wildman–Crippen LogP) is 3.48. The summed E-state index contributed by atoms with van der Waals surface area (Å²) in [6.45, 7) is 0.829. The lowest BCUT2D eigenvalue weighted by molar-refractivity contribution is -0.141. The molecule has 0 aliphatic rings. The van der Waals surface area contributed by atoms with Gasteiger partial charge in [-0.2, -0.15) is 13.2 Å². The molecular formula is C19H20F3NO6S. The Bertz CT molecular complexity index is 990. The fourth-order valence-corrected chi connectivity index (χ4v) is 3.98. The predicted molar refractivity (Wildman–Crippen MR) is 102 cm³/mol. The number of anilines is 1. The summed E-state index contributed by atoms with van der Waals surface area (Å²) in [6.07, 6.45) is -4.59. The highest BCUT2D eigenvalue weighted by Gasteiger charge is 2.32. The van der Waals surface area contributed by atoms with Gasteiger partial charge in [-0.1, -0.05) is 0 Å². The van der Waals surface area contributed by atoms with E-state index in [1.807, 2.05) is 0 Å². The minimum atomic E-state index is -4.59. The molecule has 0 aliphatic carbocycles. The Morgan fingerprint density at radius 1 is 1.00 bits per heavy atom. The van der Waals surface area contributed by atoms with Gasteiger partial charge in [0, 0.05) is 6.07 Å². The van der Waals surface area contributed by atoms with Crippen molar-refractivity contribution in [3.63, 3.8) is 0 Å². The molecule has 30 heavy (non-hydrogen) atoms. The Hall–Kier alpha value is -2.95. The van der Waals surface area contributed by atoms with E-state index >= 15 is 0 Å². The summed E-state index contributed by atoms with van der Waals surface area (Å²) < 4.78 is 80.7. The minimum Gasteiger partial charge on any atom is -0.493 e. The Balaban J connectivity index is 2.54. The topological polar surface area (TPSA) is 82.1 Å². The molecule has 0 aromatic heterocycles. The Morgan fingerprint density at radius 3 is 2.10 bits per heavy atom. The zero-order chi connectivity index (χ0) is 22.5. The highest BCUT2D eigenvalue weighted by molar-refractivity contribution is 7.92. The normalized spacial score (nSPS) is 11.7. The van der Waals surface area contributed by atoms with Crippen molar-refractivity contribution in [2.24, 2.45) is 0 Å². The van der Waals surface area contributed by atoms with E-state index in [-0.39, 0.29) is 28.7 Å². The maximum atomic E-state index is 13.2. The van der Waals surface area contributed by atoms with Crippen LogP contribution in [0.15, 0.2) is 47.4 Å². The SMILES string of the molecule is CCOC(=O)CN(c1ccc(C(F)(F)F)cc1)S(=O)(=O)c1ccc(OC)c(OC)c1. The van der Waals surface area contributed by atoms with Gasteiger partial charge in [0.2, 0.25) is 0 Å². The van der Waals surface area contributed by atoms with Crippen LogP contribution in [0.1, 0.15) is 12.5 Å². The van der Waals surface area contributed by atoms with Gasteiger partial charge in [0.15, 0.2) is 11.5 Å². The van der Waals surface area contributed by atoms with E-state index in [0.717, 1.165) is 24.3 Å². The number of ether oxygens (including phenoxy) is 3. The quantitative estimate of drug-likeness (QED) is 0.577. The summed E-state index contributed by atoms with van der Waals surface area (Å²) >= 11 is 0. The van der Waals surface area contributed by atoms with Gasteiger partial charge >= 0.3 is 12.1 Å². The average molecular weight is 447 g/mol. The zero-order valence-electron chi connectivity index (χ0n) is 16.4. The first-order chi connectivity index (χ1) is 14.0. The fraction of sp³-hybridized carbons (Fsp3) is 0.316. The molecule has 0 N–H and O–H groups in total. The van der Waals surface area contributed by atoms with Crippen molar-refractivity contribution in [1.29, 1.82) is 0 Å². The monoisotopic (exact) mass is 447 g/mol. The molecule has 0 bridgehead atoms. The number of alkyl halides is 3. The van der Waals surface area contributed by atoms with Crippen molar-refractivity contribution in [2.45, 2.75) is 18.0 Å². The number of benzene rings is 2. The average Bonchev–Trinajstić information content (AvgIpc) is 2.71. The molecule has 0 radical (unpaired) electrons. The van der Waals surface area contributed by atoms with Crippen molar-refractivity contribution in [3.05, 3.63) is 48.0 Å². The number of sulfonamides is 1. The van der Waals surface area contributed by atoms with Gasteiger partial charge in [-0.05, 0) is 43.3 Å². The third-order valence-electron chi connectivity index (χ3n) is 4.00. The molecule has 7 nitrogen and oxygen atoms in total. The molecule has 164 valence electrons. The zero-order valence-corrected chi connectivity index (χ0v) is 17.2. The van der Waals surface area contributed by atoms with Gasteiger partial charge in [-0.3, -0.25) is 9.10 Å². The number of esters is 1. The fourth-order valence-electron chi connectivity index (χ4n) is 2.56. The van der Waals surface area contributed by atoms with Crippen molar-refractivity contribution < 1.29 is 40.6 Å². The van der Waals surface area contributed by atoms with E-state index in [9.17, 15) is 26.4 Å². The van der Waals surface area contributed by atoms with Crippen molar-refractivity contribution in [3.8, 4) is 11.5 Å². The number of carbonyl (C=O) groups is 1. The van der Waals surface area contributed by atoms with Crippen LogP contribution in [0.2, 0.25) is 0 Å². The van der Waals surface area contributed by atoms with Crippen molar-refractivity contribution in [1.82, 2.24) is 0 Å². The number of methoxy groups -OCH3 is 2. The van der Waals surface area contributed by atoms with Crippen LogP contribution in [-0.2, 0) is 25.7 Å². The first-order valence-electron chi connectivity index (χ1n) is 8.62. The molecule has 0 heterocycles. The molecule has 0 saturated carbocycles. The summed E-state index contributed by atoms with van der Waals surface area (Å²) in [6, 6.07) is 7.20. The largest absolute Gasteiger partial charge is 0.493 e. The summed E-state index contributed by atoms with van der Waals surface area (Å²) in [4.78, 5) is 11.8. The molecule has 0 unspecified atom stereocenters. The molecule has 2 rings (SSSR count). The van der Waals surface area contributed by atoms with Crippen LogP contribution in [0.3, 0.4) is 0 Å². The number of rotatable bonds is 8. The summed E-state index contributed by atoms with van der Waals surface area (Å²) in [7, 11) is -1.66. The van der Waals surface area contributed by atoms with Crippen LogP contribution >= 0.6 is 0 Å². The summed E-state index contributed by atoms with van der Waals surface area (Å²) in [5, 5.41) is 0. The first kappa shape index (κ1) is 23.3. The van der Waals surface area contributed by atoms with E-state index in [1.165, 1.54) is 32.4 Å². The van der Waals surface area contributed by atoms with Gasteiger partial charge < -0.3 is 14.2 Å². The van der Waals surface area contributed by atoms with Crippen molar-refractivity contribution >= 4 is 21.7 Å². The van der Waals surface area contributed by atoms with Gasteiger partial charge in [0.1, 0.15) is 6.54 Å². The van der Waals surface area contributed by atoms with Gasteiger partial charge in [-0.15, -0.1) is 0 Å². The number of carbonyl (C=O) groups excluding carboxylic acids is 1. The number of hydrogen-bond acceptors (Lipinski definition) is 6. The lowest BCUT2D eigenvalue weighted by atomic mass is 10.2. The van der Waals surface area contributed by atoms with E-state index in [1.54, 1.807) is 6.92 Å². The van der Waals surface area contributed by atoms with E-state index in [0.29, 0.717) is 4.31 Å². The minimum absolute atomic E-state index is 0.0100. The molecule has 11 heteroatoms. The second-order valence-corrected chi connectivity index (χ2v) is 7.74. The molecule has 0 aliphatic heterocycles. The lowest BCUT2D eigenvalue weighted by Gasteiger charge is -2.24. The molecule has 0 spiro atoms. The molecule has 2 aromatic carbocycles. The molecule has 0 amide bonds. The summed E-state index contributed by atoms with van der Waals surface area (Å²) in [5.41, 5.74) is -1.09. The maximum Gasteiger partial charge on any atom is 0.416 e. The molecule has 0 saturated heterocycles. The van der Waals surface area contributed by atoms with Crippen LogP contribution in [0, 0.1) is 0 Å². The second kappa shape index (κ2) is 9.24. The highest BCUT2D eigenvalue weighted by atomic mass is 32.2. The molecule has 2 aromatic rings. The number of hydrogen-bond donors (Lipinski definition) is 0. The molecular weight excluding hydrogens is 427 g/mol. The Labute approximate surface area is 172 Å². The lowest BCUT2D eigenvalue weighted by Crippen LogP contribution is -2.36. The van der Waals surface area contributed by atoms with E-state index < -0.39 is 34.3 Å². The smallest absolute Gasteiger partial charge is 0.416 e. The van der Waals surface area contributed by atoms with Crippen LogP contribution in [0.4, 0.5) is 18.9 Å². The Kier molecular flexibility index (Phi) is 7.19. The Morgan fingerprint density at radius 2 is 1.60 bits per heavy atom. The maximum absolute atomic E-state index is 13.2. The number of nitrogens with zero attached hydrogens (tertiary/aromatic N) is 1. The van der Waals surface area contributed by atoms with Crippen LogP contribution in [-0.4, -0.2) is 41.8 Å². The summed E-state index contributed by atoms with van der Waals surface area (Å²) in [5.74, 6) is -0.452. The standard InChI is InChI=1S/C19H20F3NO6S/c1-4-29-18(24)12-23(14-7-5-13(6-8-14)19(20,21)22)30(25,26)15-9-10-16(27-2)17(11-15)28-3/h5-11H,4,12H2,1-3H3. The van der Waals surface area contributed by atoms with E-state index in [2.05, 4.69) is 0 Å². The second-order valence-electron chi connectivity index (χ2n) is 5.88. The molecule has 0 fully saturated rings. The van der Waals surface area contributed by atoms with Crippen LogP contribution < -0.4 is 13.8 Å². The first-order valence-corrected chi connectivity index (χ1v) is 10.1. The molecule has 0 atom stereocenters. The van der Waals surface area contributed by atoms with E-state index in [4.69, 9.17) is 14.2 Å². The third-order valence-corrected chi connectivity index (χ3v) is 5.77. The van der Waals surface area contributed by atoms with Gasteiger partial charge in [-0.25, -0.2) is 8.42 Å².